The first-order valence-corrected chi connectivity index (χ1v) is 11.2. The van der Waals surface area contributed by atoms with Crippen LogP contribution in [0.25, 0.3) is 0 Å². The zero-order valence-corrected chi connectivity index (χ0v) is 17.4. The molecule has 1 saturated heterocycles. The molecule has 0 unspecified atom stereocenters. The van der Waals surface area contributed by atoms with E-state index in [1.54, 1.807) is 0 Å². The van der Waals surface area contributed by atoms with Crippen molar-refractivity contribution in [2.24, 2.45) is 0 Å². The summed E-state index contributed by atoms with van der Waals surface area (Å²) in [4.78, 5) is 12.5. The van der Waals surface area contributed by atoms with Crippen molar-refractivity contribution in [1.82, 2.24) is 4.31 Å². The molecule has 0 radical (unpaired) electrons. The number of nitrogens with zero attached hydrogens (tertiary/aromatic N) is 1. The number of carbonyl (C=O) groups excluding carboxylic acids is 1. The topological polar surface area (TPSA) is 66.5 Å². The number of hydrogen-bond donors (Lipinski definition) is 1. The van der Waals surface area contributed by atoms with Crippen LogP contribution < -0.4 is 5.32 Å². The van der Waals surface area contributed by atoms with Crippen LogP contribution in [0.4, 0.5) is 18.9 Å². The first kappa shape index (κ1) is 22.6. The third-order valence-electron chi connectivity index (χ3n) is 4.85. The van der Waals surface area contributed by atoms with Crippen LogP contribution in [0.1, 0.15) is 41.6 Å². The van der Waals surface area contributed by atoms with Crippen LogP contribution in [0, 0.1) is 0 Å². The number of halogens is 4. The van der Waals surface area contributed by atoms with Gasteiger partial charge in [-0.25, -0.2) is 8.42 Å². The minimum Gasteiger partial charge on any atom is -0.322 e. The van der Waals surface area contributed by atoms with Gasteiger partial charge in [-0.15, -0.1) is 0 Å². The van der Waals surface area contributed by atoms with Gasteiger partial charge in [0.2, 0.25) is 10.0 Å². The summed E-state index contributed by atoms with van der Waals surface area (Å²) >= 11 is 5.58. The van der Waals surface area contributed by atoms with E-state index < -0.39 is 32.7 Å². The number of alkyl halides is 3. The molecule has 0 aliphatic carbocycles. The molecule has 1 N–H and O–H groups in total. The average Bonchev–Trinajstić information content (AvgIpc) is 2.99. The largest absolute Gasteiger partial charge is 0.417 e. The predicted octanol–water partition coefficient (Wildman–Crippen LogP) is 5.18. The molecule has 1 fully saturated rings. The van der Waals surface area contributed by atoms with Crippen LogP contribution >= 0.6 is 11.6 Å². The highest BCUT2D eigenvalue weighted by atomic mass is 35.5. The second-order valence-corrected chi connectivity index (χ2v) is 9.33. The second kappa shape index (κ2) is 8.95. The van der Waals surface area contributed by atoms with Gasteiger partial charge >= 0.3 is 6.18 Å². The van der Waals surface area contributed by atoms with E-state index in [9.17, 15) is 26.4 Å². The first-order valence-electron chi connectivity index (χ1n) is 9.37. The van der Waals surface area contributed by atoms with E-state index in [1.165, 1.54) is 34.6 Å². The van der Waals surface area contributed by atoms with Crippen molar-refractivity contribution >= 4 is 33.2 Å². The molecule has 0 atom stereocenters. The molecule has 1 aliphatic rings. The summed E-state index contributed by atoms with van der Waals surface area (Å²) in [6.45, 7) is 0.922. The Morgan fingerprint density at radius 1 is 0.967 bits per heavy atom. The van der Waals surface area contributed by atoms with Gasteiger partial charge in [0.25, 0.3) is 5.91 Å². The van der Waals surface area contributed by atoms with E-state index in [1.807, 2.05) is 0 Å². The number of hydrogen-bond acceptors (Lipinski definition) is 3. The van der Waals surface area contributed by atoms with E-state index in [2.05, 4.69) is 5.32 Å². The van der Waals surface area contributed by atoms with Gasteiger partial charge in [0.05, 0.1) is 15.5 Å². The van der Waals surface area contributed by atoms with E-state index in [4.69, 9.17) is 11.6 Å². The van der Waals surface area contributed by atoms with Gasteiger partial charge < -0.3 is 5.32 Å². The number of anilines is 1. The number of rotatable bonds is 4. The number of nitrogens with one attached hydrogen (secondary N) is 1. The highest BCUT2D eigenvalue weighted by Gasteiger charge is 2.33. The van der Waals surface area contributed by atoms with Crippen LogP contribution in [0.5, 0.6) is 0 Å². The fourth-order valence-corrected chi connectivity index (χ4v) is 4.97. The SMILES string of the molecule is O=C(Nc1ccc(Cl)c(C(F)(F)F)c1)c1ccc(S(=O)(=O)N2CCCCCC2)cc1. The van der Waals surface area contributed by atoms with Crippen LogP contribution in [-0.4, -0.2) is 31.7 Å². The van der Waals surface area contributed by atoms with Crippen molar-refractivity contribution in [2.45, 2.75) is 36.8 Å². The molecule has 10 heteroatoms. The molecule has 0 bridgehead atoms. The summed E-state index contributed by atoms with van der Waals surface area (Å²) in [5.41, 5.74) is -1.01. The first-order chi connectivity index (χ1) is 14.1. The van der Waals surface area contributed by atoms with E-state index in [0.717, 1.165) is 37.8 Å². The van der Waals surface area contributed by atoms with Gasteiger partial charge in [0.15, 0.2) is 0 Å². The van der Waals surface area contributed by atoms with E-state index >= 15 is 0 Å². The molecule has 1 aliphatic heterocycles. The van der Waals surface area contributed by atoms with Gasteiger partial charge in [-0.1, -0.05) is 24.4 Å². The van der Waals surface area contributed by atoms with E-state index in [-0.39, 0.29) is 16.1 Å². The molecule has 162 valence electrons. The summed E-state index contributed by atoms with van der Waals surface area (Å²) in [6.07, 6.45) is -1.06. The monoisotopic (exact) mass is 460 g/mol. The average molecular weight is 461 g/mol. The van der Waals surface area contributed by atoms with Gasteiger partial charge in [-0.3, -0.25) is 4.79 Å². The highest BCUT2D eigenvalue weighted by molar-refractivity contribution is 7.89. The molecule has 0 spiro atoms. The Kier molecular flexibility index (Phi) is 6.74. The molecular weight excluding hydrogens is 441 g/mol. The molecule has 30 heavy (non-hydrogen) atoms. The lowest BCUT2D eigenvalue weighted by Gasteiger charge is -2.20. The molecule has 2 aromatic carbocycles. The maximum Gasteiger partial charge on any atom is 0.417 e. The summed E-state index contributed by atoms with van der Waals surface area (Å²) in [6, 6.07) is 8.39. The molecule has 1 heterocycles. The standard InChI is InChI=1S/C20H20ClF3N2O3S/c21-18-10-7-15(13-17(18)20(22,23)24)25-19(27)14-5-8-16(9-6-14)30(28,29)26-11-3-1-2-4-12-26/h5-10,13H,1-4,11-12H2,(H,25,27). The Morgan fingerprint density at radius 3 is 2.13 bits per heavy atom. The van der Waals surface area contributed by atoms with Crippen LogP contribution in [0.2, 0.25) is 5.02 Å². The smallest absolute Gasteiger partial charge is 0.322 e. The Labute approximate surface area is 177 Å². The van der Waals surface area contributed by atoms with Crippen molar-refractivity contribution in [3.05, 3.63) is 58.6 Å². The van der Waals surface area contributed by atoms with Crippen molar-refractivity contribution in [3.8, 4) is 0 Å². The second-order valence-electron chi connectivity index (χ2n) is 6.99. The molecule has 0 saturated carbocycles. The fourth-order valence-electron chi connectivity index (χ4n) is 3.23. The third kappa shape index (κ3) is 5.14. The number of carbonyl (C=O) groups is 1. The number of amides is 1. The molecule has 2 aromatic rings. The number of sulfonamides is 1. The zero-order chi connectivity index (χ0) is 21.9. The minimum atomic E-state index is -4.65. The Morgan fingerprint density at radius 2 is 1.57 bits per heavy atom. The van der Waals surface area contributed by atoms with Crippen molar-refractivity contribution in [3.63, 3.8) is 0 Å². The normalized spacial score (nSPS) is 16.1. The van der Waals surface area contributed by atoms with E-state index in [0.29, 0.717) is 13.1 Å². The predicted molar refractivity (Wildman–Crippen MR) is 108 cm³/mol. The maximum absolute atomic E-state index is 13.0. The van der Waals surface area contributed by atoms with Crippen molar-refractivity contribution in [1.29, 1.82) is 0 Å². The summed E-state index contributed by atoms with van der Waals surface area (Å²) in [7, 11) is -3.65. The molecule has 1 amide bonds. The van der Waals surface area contributed by atoms with Crippen molar-refractivity contribution < 1.29 is 26.4 Å². The van der Waals surface area contributed by atoms with Gasteiger partial charge in [-0.05, 0) is 55.3 Å². The highest BCUT2D eigenvalue weighted by Crippen LogP contribution is 2.36. The van der Waals surface area contributed by atoms with Gasteiger partial charge in [0, 0.05) is 24.3 Å². The quantitative estimate of drug-likeness (QED) is 0.684. The summed E-state index contributed by atoms with van der Waals surface area (Å²) in [5, 5.41) is 1.90. The summed E-state index contributed by atoms with van der Waals surface area (Å²) in [5.74, 6) is -0.663. The van der Waals surface area contributed by atoms with Crippen LogP contribution in [0.15, 0.2) is 47.4 Å². The van der Waals surface area contributed by atoms with Crippen molar-refractivity contribution in [2.75, 3.05) is 18.4 Å². The third-order valence-corrected chi connectivity index (χ3v) is 7.09. The Hall–Kier alpha value is -2.10. The Balaban J connectivity index is 1.76. The lowest BCUT2D eigenvalue weighted by Crippen LogP contribution is -2.31. The molecule has 5 nitrogen and oxygen atoms in total. The number of benzene rings is 2. The molecule has 0 aromatic heterocycles. The minimum absolute atomic E-state index is 0.0713. The maximum atomic E-state index is 13.0. The van der Waals surface area contributed by atoms with Crippen LogP contribution in [-0.2, 0) is 16.2 Å². The summed E-state index contributed by atoms with van der Waals surface area (Å²) < 4.78 is 65.9. The van der Waals surface area contributed by atoms with Gasteiger partial charge in [-0.2, -0.15) is 17.5 Å². The zero-order valence-electron chi connectivity index (χ0n) is 15.9. The van der Waals surface area contributed by atoms with Crippen LogP contribution in [0.3, 0.4) is 0 Å². The fraction of sp³-hybridized carbons (Fsp3) is 0.350. The molecular formula is C20H20ClF3N2O3S. The molecule has 3 rings (SSSR count). The lowest BCUT2D eigenvalue weighted by molar-refractivity contribution is -0.137. The Bertz CT molecular complexity index is 1020. The lowest BCUT2D eigenvalue weighted by atomic mass is 10.1. The van der Waals surface area contributed by atoms with Gasteiger partial charge in [0.1, 0.15) is 0 Å².